The first-order valence-electron chi connectivity index (χ1n) is 6.26. The number of ether oxygens (including phenoxy) is 2. The van der Waals surface area contributed by atoms with Crippen molar-refractivity contribution in [2.24, 2.45) is 0 Å². The molecule has 0 unspecified atom stereocenters. The van der Waals surface area contributed by atoms with Crippen molar-refractivity contribution in [1.82, 2.24) is 4.90 Å². The van der Waals surface area contributed by atoms with Gasteiger partial charge in [-0.3, -0.25) is 9.59 Å². The van der Waals surface area contributed by atoms with Crippen LogP contribution in [0.2, 0.25) is 10.0 Å². The number of rotatable bonds is 6. The SMILES string of the molecule is COC(=O)CCCN(C)C(=O)c1cc(Cl)c(OC)c(Cl)c1. The molecule has 0 atom stereocenters. The largest absolute Gasteiger partial charge is 0.494 e. The van der Waals surface area contributed by atoms with Crippen LogP contribution in [-0.2, 0) is 9.53 Å². The predicted molar refractivity (Wildman–Crippen MR) is 81.2 cm³/mol. The summed E-state index contributed by atoms with van der Waals surface area (Å²) in [6.45, 7) is 0.426. The maximum atomic E-state index is 12.2. The highest BCUT2D eigenvalue weighted by molar-refractivity contribution is 6.37. The molecule has 21 heavy (non-hydrogen) atoms. The average Bonchev–Trinajstić information content (AvgIpc) is 2.45. The number of esters is 1. The highest BCUT2D eigenvalue weighted by Gasteiger charge is 2.16. The van der Waals surface area contributed by atoms with Gasteiger partial charge in [0, 0.05) is 25.6 Å². The monoisotopic (exact) mass is 333 g/mol. The van der Waals surface area contributed by atoms with Gasteiger partial charge in [-0.2, -0.15) is 0 Å². The van der Waals surface area contributed by atoms with E-state index in [1.807, 2.05) is 0 Å². The summed E-state index contributed by atoms with van der Waals surface area (Å²) in [6.07, 6.45) is 0.783. The maximum Gasteiger partial charge on any atom is 0.305 e. The Morgan fingerprint density at radius 1 is 1.19 bits per heavy atom. The van der Waals surface area contributed by atoms with Crippen LogP contribution in [0.25, 0.3) is 0 Å². The molecule has 5 nitrogen and oxygen atoms in total. The van der Waals surface area contributed by atoms with E-state index < -0.39 is 0 Å². The van der Waals surface area contributed by atoms with E-state index in [0.717, 1.165) is 0 Å². The van der Waals surface area contributed by atoms with Crippen LogP contribution in [-0.4, -0.2) is 44.6 Å². The molecular formula is C14H17Cl2NO4. The fourth-order valence-electron chi connectivity index (χ4n) is 1.76. The van der Waals surface area contributed by atoms with Gasteiger partial charge in [-0.05, 0) is 18.6 Å². The second-order valence-electron chi connectivity index (χ2n) is 4.38. The molecule has 0 radical (unpaired) electrons. The molecule has 0 fully saturated rings. The zero-order chi connectivity index (χ0) is 16.0. The summed E-state index contributed by atoms with van der Waals surface area (Å²) in [5.41, 5.74) is 0.367. The molecule has 0 saturated heterocycles. The van der Waals surface area contributed by atoms with Gasteiger partial charge < -0.3 is 14.4 Å². The molecule has 0 aromatic heterocycles. The maximum absolute atomic E-state index is 12.2. The molecule has 0 aliphatic rings. The number of hydrogen-bond acceptors (Lipinski definition) is 4. The molecule has 0 saturated carbocycles. The Balaban J connectivity index is 2.72. The summed E-state index contributed by atoms with van der Waals surface area (Å²) in [5, 5.41) is 0.549. The lowest BCUT2D eigenvalue weighted by Gasteiger charge is -2.17. The number of hydrogen-bond donors (Lipinski definition) is 0. The Morgan fingerprint density at radius 2 is 1.76 bits per heavy atom. The Bertz CT molecular complexity index is 511. The van der Waals surface area contributed by atoms with Gasteiger partial charge >= 0.3 is 5.97 Å². The standard InChI is InChI=1S/C14H17Cl2NO4/c1-17(6-4-5-12(18)20-2)14(19)9-7-10(15)13(21-3)11(16)8-9/h7-8H,4-6H2,1-3H3. The fraction of sp³-hybridized carbons (Fsp3) is 0.429. The molecule has 0 N–H and O–H groups in total. The van der Waals surface area contributed by atoms with Crippen molar-refractivity contribution < 1.29 is 19.1 Å². The third kappa shape index (κ3) is 4.79. The molecule has 7 heteroatoms. The number of halogens is 2. The van der Waals surface area contributed by atoms with Gasteiger partial charge in [0.2, 0.25) is 0 Å². The first-order chi connectivity index (χ1) is 9.90. The van der Waals surface area contributed by atoms with Gasteiger partial charge in [-0.25, -0.2) is 0 Å². The molecule has 116 valence electrons. The summed E-state index contributed by atoms with van der Waals surface area (Å²) in [5.74, 6) is -0.194. The minimum absolute atomic E-state index is 0.230. The first-order valence-corrected chi connectivity index (χ1v) is 7.01. The van der Waals surface area contributed by atoms with Crippen molar-refractivity contribution in [3.8, 4) is 5.75 Å². The van der Waals surface area contributed by atoms with Crippen LogP contribution < -0.4 is 4.74 Å². The molecule has 1 aromatic rings. The van der Waals surface area contributed by atoms with Gasteiger partial charge in [0.05, 0.1) is 24.3 Å². The zero-order valence-corrected chi connectivity index (χ0v) is 13.6. The molecule has 0 aliphatic carbocycles. The number of benzene rings is 1. The van der Waals surface area contributed by atoms with E-state index in [4.69, 9.17) is 27.9 Å². The second-order valence-corrected chi connectivity index (χ2v) is 5.19. The second kappa shape index (κ2) is 8.10. The first kappa shape index (κ1) is 17.6. The van der Waals surface area contributed by atoms with Gasteiger partial charge in [0.1, 0.15) is 0 Å². The van der Waals surface area contributed by atoms with Crippen molar-refractivity contribution in [3.63, 3.8) is 0 Å². The van der Waals surface area contributed by atoms with Gasteiger partial charge in [0.15, 0.2) is 5.75 Å². The van der Waals surface area contributed by atoms with Crippen LogP contribution >= 0.6 is 23.2 Å². The Kier molecular flexibility index (Phi) is 6.78. The van der Waals surface area contributed by atoms with E-state index in [1.54, 1.807) is 7.05 Å². The fourth-order valence-corrected chi connectivity index (χ4v) is 2.40. The average molecular weight is 334 g/mol. The summed E-state index contributed by atoms with van der Waals surface area (Å²) in [7, 11) is 4.43. The van der Waals surface area contributed by atoms with E-state index in [9.17, 15) is 9.59 Å². The summed E-state index contributed by atoms with van der Waals surface area (Å²) in [6, 6.07) is 3.01. The molecule has 0 bridgehead atoms. The molecular weight excluding hydrogens is 317 g/mol. The number of carbonyl (C=O) groups is 2. The van der Waals surface area contributed by atoms with E-state index in [1.165, 1.54) is 31.3 Å². The Morgan fingerprint density at radius 3 is 2.24 bits per heavy atom. The number of nitrogens with zero attached hydrogens (tertiary/aromatic N) is 1. The minimum Gasteiger partial charge on any atom is -0.494 e. The van der Waals surface area contributed by atoms with Crippen molar-refractivity contribution in [2.45, 2.75) is 12.8 Å². The predicted octanol–water partition coefficient (Wildman–Crippen LogP) is 3.03. The van der Waals surface area contributed by atoms with Crippen molar-refractivity contribution >= 4 is 35.1 Å². The molecule has 0 spiro atoms. The smallest absolute Gasteiger partial charge is 0.305 e. The van der Waals surface area contributed by atoms with Crippen LogP contribution in [0.4, 0.5) is 0 Å². The topological polar surface area (TPSA) is 55.8 Å². The van der Waals surface area contributed by atoms with Crippen LogP contribution in [0, 0.1) is 0 Å². The summed E-state index contributed by atoms with van der Waals surface area (Å²) >= 11 is 12.0. The lowest BCUT2D eigenvalue weighted by molar-refractivity contribution is -0.140. The van der Waals surface area contributed by atoms with E-state index >= 15 is 0 Å². The molecule has 1 rings (SSSR count). The molecule has 1 aromatic carbocycles. The van der Waals surface area contributed by atoms with Crippen molar-refractivity contribution in [2.75, 3.05) is 27.8 Å². The van der Waals surface area contributed by atoms with Crippen LogP contribution in [0.1, 0.15) is 23.2 Å². The van der Waals surface area contributed by atoms with Gasteiger partial charge in [-0.1, -0.05) is 23.2 Å². The normalized spacial score (nSPS) is 10.1. The third-order valence-electron chi connectivity index (χ3n) is 2.90. The Labute approximate surface area is 133 Å². The highest BCUT2D eigenvalue weighted by atomic mass is 35.5. The minimum atomic E-state index is -0.300. The van der Waals surface area contributed by atoms with Gasteiger partial charge in [0.25, 0.3) is 5.91 Å². The van der Waals surface area contributed by atoms with E-state index in [0.29, 0.717) is 24.3 Å². The van der Waals surface area contributed by atoms with Crippen LogP contribution in [0.3, 0.4) is 0 Å². The summed E-state index contributed by atoms with van der Waals surface area (Å²) < 4.78 is 9.58. The molecule has 0 heterocycles. The van der Waals surface area contributed by atoms with Crippen molar-refractivity contribution in [3.05, 3.63) is 27.7 Å². The van der Waals surface area contributed by atoms with Gasteiger partial charge in [-0.15, -0.1) is 0 Å². The summed E-state index contributed by atoms with van der Waals surface area (Å²) in [4.78, 5) is 24.8. The van der Waals surface area contributed by atoms with Crippen LogP contribution in [0.15, 0.2) is 12.1 Å². The van der Waals surface area contributed by atoms with Crippen molar-refractivity contribution in [1.29, 1.82) is 0 Å². The zero-order valence-electron chi connectivity index (χ0n) is 12.1. The van der Waals surface area contributed by atoms with E-state index in [2.05, 4.69) is 4.74 Å². The lowest BCUT2D eigenvalue weighted by atomic mass is 10.2. The van der Waals surface area contributed by atoms with E-state index in [-0.39, 0.29) is 28.3 Å². The lowest BCUT2D eigenvalue weighted by Crippen LogP contribution is -2.28. The highest BCUT2D eigenvalue weighted by Crippen LogP contribution is 2.34. The third-order valence-corrected chi connectivity index (χ3v) is 3.46. The molecule has 1 amide bonds. The molecule has 0 aliphatic heterocycles. The number of carbonyl (C=O) groups excluding carboxylic acids is 2. The Hall–Kier alpha value is -1.46. The quantitative estimate of drug-likeness (QED) is 0.751. The number of methoxy groups -OCH3 is 2. The number of amides is 1. The van der Waals surface area contributed by atoms with Crippen LogP contribution in [0.5, 0.6) is 5.75 Å².